The Morgan fingerprint density at radius 2 is 2.00 bits per heavy atom. The van der Waals surface area contributed by atoms with E-state index in [9.17, 15) is 0 Å². The molecule has 2 heteroatoms. The molecule has 18 heavy (non-hydrogen) atoms. The van der Waals surface area contributed by atoms with Gasteiger partial charge in [-0.15, -0.1) is 0 Å². The lowest BCUT2D eigenvalue weighted by Gasteiger charge is -2.33. The first kappa shape index (κ1) is 14.3. The Labute approximate surface area is 114 Å². The Kier molecular flexibility index (Phi) is 5.50. The summed E-state index contributed by atoms with van der Waals surface area (Å²) >= 11 is 0. The van der Waals surface area contributed by atoms with Crippen molar-refractivity contribution in [2.24, 2.45) is 11.8 Å². The summed E-state index contributed by atoms with van der Waals surface area (Å²) in [6.07, 6.45) is 9.81. The smallest absolute Gasteiger partial charge is 0.0104 e. The Morgan fingerprint density at radius 1 is 1.17 bits per heavy atom. The SMILES string of the molecule is CCC1CCC(NCCC2CCCCN2C)C1C. The molecule has 1 N–H and O–H groups in total. The summed E-state index contributed by atoms with van der Waals surface area (Å²) < 4.78 is 0. The number of nitrogens with zero attached hydrogens (tertiary/aromatic N) is 1. The van der Waals surface area contributed by atoms with Gasteiger partial charge in [-0.2, -0.15) is 0 Å². The predicted octanol–water partition coefficient (Wildman–Crippen LogP) is 3.28. The van der Waals surface area contributed by atoms with Gasteiger partial charge in [-0.3, -0.25) is 0 Å². The second-order valence-corrected chi connectivity index (χ2v) is 6.58. The van der Waals surface area contributed by atoms with Crippen LogP contribution in [0.1, 0.15) is 58.8 Å². The molecule has 1 aliphatic carbocycles. The van der Waals surface area contributed by atoms with Crippen LogP contribution in [0.15, 0.2) is 0 Å². The van der Waals surface area contributed by atoms with E-state index in [1.54, 1.807) is 0 Å². The van der Waals surface area contributed by atoms with E-state index in [0.717, 1.165) is 23.9 Å². The van der Waals surface area contributed by atoms with Gasteiger partial charge in [-0.1, -0.05) is 26.7 Å². The maximum Gasteiger partial charge on any atom is 0.0104 e. The molecule has 2 nitrogen and oxygen atoms in total. The number of rotatable bonds is 5. The Balaban J connectivity index is 1.66. The molecule has 4 atom stereocenters. The highest BCUT2D eigenvalue weighted by Gasteiger charge is 2.31. The maximum absolute atomic E-state index is 3.84. The lowest BCUT2D eigenvalue weighted by molar-refractivity contribution is 0.173. The summed E-state index contributed by atoms with van der Waals surface area (Å²) in [5.74, 6) is 1.86. The first-order valence-corrected chi connectivity index (χ1v) is 8.16. The van der Waals surface area contributed by atoms with E-state index in [4.69, 9.17) is 0 Å². The normalized spacial score (nSPS) is 38.2. The van der Waals surface area contributed by atoms with E-state index >= 15 is 0 Å². The van der Waals surface area contributed by atoms with E-state index in [0.29, 0.717) is 0 Å². The Bertz CT molecular complexity index is 241. The monoisotopic (exact) mass is 252 g/mol. The fourth-order valence-electron chi connectivity index (χ4n) is 4.06. The lowest BCUT2D eigenvalue weighted by Crippen LogP contribution is -2.40. The summed E-state index contributed by atoms with van der Waals surface area (Å²) in [4.78, 5) is 2.57. The molecule has 2 fully saturated rings. The van der Waals surface area contributed by atoms with Crippen LogP contribution in [-0.4, -0.2) is 37.1 Å². The van der Waals surface area contributed by atoms with E-state index in [2.05, 4.69) is 31.1 Å². The number of hydrogen-bond donors (Lipinski definition) is 1. The van der Waals surface area contributed by atoms with Gasteiger partial charge < -0.3 is 10.2 Å². The lowest BCUT2D eigenvalue weighted by atomic mass is 9.93. The number of nitrogens with one attached hydrogen (secondary N) is 1. The molecule has 1 saturated heterocycles. The molecule has 106 valence electrons. The number of piperidine rings is 1. The van der Waals surface area contributed by atoms with Crippen molar-refractivity contribution in [1.29, 1.82) is 0 Å². The second kappa shape index (κ2) is 6.91. The molecule has 0 aromatic carbocycles. The summed E-state index contributed by atoms with van der Waals surface area (Å²) in [6, 6.07) is 1.63. The third kappa shape index (κ3) is 3.48. The molecule has 4 unspecified atom stereocenters. The van der Waals surface area contributed by atoms with Crippen LogP contribution in [0.25, 0.3) is 0 Å². The average molecular weight is 252 g/mol. The molecule has 2 aliphatic rings. The first-order valence-electron chi connectivity index (χ1n) is 8.16. The van der Waals surface area contributed by atoms with Crippen molar-refractivity contribution >= 4 is 0 Å². The van der Waals surface area contributed by atoms with Crippen LogP contribution in [0, 0.1) is 11.8 Å². The zero-order valence-corrected chi connectivity index (χ0v) is 12.6. The van der Waals surface area contributed by atoms with Gasteiger partial charge in [0.05, 0.1) is 0 Å². The molecule has 0 amide bonds. The van der Waals surface area contributed by atoms with Gasteiger partial charge in [0.15, 0.2) is 0 Å². The predicted molar refractivity (Wildman–Crippen MR) is 78.9 cm³/mol. The molecular weight excluding hydrogens is 220 g/mol. The molecular formula is C16H32N2. The van der Waals surface area contributed by atoms with Crippen molar-refractivity contribution in [3.63, 3.8) is 0 Å². The molecule has 0 aromatic heterocycles. The molecule has 1 heterocycles. The molecule has 0 spiro atoms. The van der Waals surface area contributed by atoms with Crippen molar-refractivity contribution in [1.82, 2.24) is 10.2 Å². The highest BCUT2D eigenvalue weighted by molar-refractivity contribution is 4.86. The number of likely N-dealkylation sites (tertiary alicyclic amines) is 1. The summed E-state index contributed by atoms with van der Waals surface area (Å²) in [5.41, 5.74) is 0. The van der Waals surface area contributed by atoms with Gasteiger partial charge in [0.25, 0.3) is 0 Å². The van der Waals surface area contributed by atoms with Gasteiger partial charge in [-0.05, 0) is 64.1 Å². The fourth-order valence-corrected chi connectivity index (χ4v) is 4.06. The van der Waals surface area contributed by atoms with Gasteiger partial charge in [0.1, 0.15) is 0 Å². The van der Waals surface area contributed by atoms with Crippen molar-refractivity contribution < 1.29 is 0 Å². The minimum atomic E-state index is 0.795. The largest absolute Gasteiger partial charge is 0.314 e. The average Bonchev–Trinajstić information content (AvgIpc) is 2.73. The quantitative estimate of drug-likeness (QED) is 0.808. The van der Waals surface area contributed by atoms with Crippen LogP contribution in [-0.2, 0) is 0 Å². The van der Waals surface area contributed by atoms with Gasteiger partial charge >= 0.3 is 0 Å². The van der Waals surface area contributed by atoms with Crippen molar-refractivity contribution in [3.8, 4) is 0 Å². The van der Waals surface area contributed by atoms with Crippen molar-refractivity contribution in [2.45, 2.75) is 70.9 Å². The molecule has 1 aliphatic heterocycles. The summed E-state index contributed by atoms with van der Waals surface area (Å²) in [5, 5.41) is 3.84. The Morgan fingerprint density at radius 3 is 2.67 bits per heavy atom. The van der Waals surface area contributed by atoms with Gasteiger partial charge in [0, 0.05) is 12.1 Å². The van der Waals surface area contributed by atoms with E-state index in [1.807, 2.05) is 0 Å². The molecule has 1 saturated carbocycles. The second-order valence-electron chi connectivity index (χ2n) is 6.58. The maximum atomic E-state index is 3.84. The van der Waals surface area contributed by atoms with Crippen LogP contribution in [0.3, 0.4) is 0 Å². The fraction of sp³-hybridized carbons (Fsp3) is 1.00. The molecule has 0 bridgehead atoms. The zero-order chi connectivity index (χ0) is 13.0. The van der Waals surface area contributed by atoms with Crippen LogP contribution in [0.5, 0.6) is 0 Å². The van der Waals surface area contributed by atoms with Crippen molar-refractivity contribution in [3.05, 3.63) is 0 Å². The standard InChI is InChI=1S/C16H32N2/c1-4-14-8-9-16(13(14)2)17-11-10-15-7-5-6-12-18(15)3/h13-17H,4-12H2,1-3H3. The third-order valence-electron chi connectivity index (χ3n) is 5.56. The molecule has 2 rings (SSSR count). The zero-order valence-electron chi connectivity index (χ0n) is 12.6. The highest BCUT2D eigenvalue weighted by Crippen LogP contribution is 2.33. The third-order valence-corrected chi connectivity index (χ3v) is 5.56. The van der Waals surface area contributed by atoms with E-state index < -0.39 is 0 Å². The minimum Gasteiger partial charge on any atom is -0.314 e. The summed E-state index contributed by atoms with van der Waals surface area (Å²) in [7, 11) is 2.30. The van der Waals surface area contributed by atoms with E-state index in [-0.39, 0.29) is 0 Å². The minimum absolute atomic E-state index is 0.795. The van der Waals surface area contributed by atoms with Crippen LogP contribution < -0.4 is 5.32 Å². The topological polar surface area (TPSA) is 15.3 Å². The van der Waals surface area contributed by atoms with Gasteiger partial charge in [0.2, 0.25) is 0 Å². The first-order chi connectivity index (χ1) is 8.72. The van der Waals surface area contributed by atoms with Crippen LogP contribution in [0.2, 0.25) is 0 Å². The van der Waals surface area contributed by atoms with Gasteiger partial charge in [-0.25, -0.2) is 0 Å². The van der Waals surface area contributed by atoms with E-state index in [1.165, 1.54) is 58.0 Å². The number of hydrogen-bond acceptors (Lipinski definition) is 2. The van der Waals surface area contributed by atoms with Crippen molar-refractivity contribution in [2.75, 3.05) is 20.1 Å². The van der Waals surface area contributed by atoms with Crippen LogP contribution in [0.4, 0.5) is 0 Å². The summed E-state index contributed by atoms with van der Waals surface area (Å²) in [6.45, 7) is 7.33. The van der Waals surface area contributed by atoms with Crippen LogP contribution >= 0.6 is 0 Å². The Hall–Kier alpha value is -0.0800. The molecule has 0 radical (unpaired) electrons. The highest BCUT2D eigenvalue weighted by atomic mass is 15.1. The molecule has 0 aromatic rings.